The van der Waals surface area contributed by atoms with E-state index < -0.39 is 19.1 Å². The van der Waals surface area contributed by atoms with E-state index in [0.29, 0.717) is 47.3 Å². The van der Waals surface area contributed by atoms with Gasteiger partial charge in [0.15, 0.2) is 6.29 Å². The molecule has 6 N–H and O–H groups in total. The third kappa shape index (κ3) is 23.1. The van der Waals surface area contributed by atoms with Crippen molar-refractivity contribution in [1.29, 1.82) is 0 Å². The summed E-state index contributed by atoms with van der Waals surface area (Å²) in [6.45, 7) is 10.6. The smallest absolute Gasteiger partial charge is 0.243 e. The van der Waals surface area contributed by atoms with E-state index in [0.717, 1.165) is 123 Å². The molecule has 1 aliphatic rings. The number of benzene rings is 4. The lowest BCUT2D eigenvalue weighted by atomic mass is 9.97. The zero-order valence-corrected chi connectivity index (χ0v) is 56.9. The maximum absolute atomic E-state index is 13.5. The van der Waals surface area contributed by atoms with Gasteiger partial charge in [0.25, 0.3) is 0 Å². The van der Waals surface area contributed by atoms with Crippen molar-refractivity contribution in [1.82, 2.24) is 39.5 Å². The summed E-state index contributed by atoms with van der Waals surface area (Å²) in [6, 6.07) is 40.5. The highest BCUT2D eigenvalue weighted by Crippen LogP contribution is 2.31. The van der Waals surface area contributed by atoms with Crippen LogP contribution in [0.5, 0.6) is 5.75 Å². The van der Waals surface area contributed by atoms with Crippen LogP contribution in [0.25, 0.3) is 32.7 Å². The lowest BCUT2D eigenvalue weighted by Crippen LogP contribution is -2.34. The molecular weight excluding hydrogens is 1300 g/mol. The second-order valence-corrected chi connectivity index (χ2v) is 27.6. The van der Waals surface area contributed by atoms with E-state index >= 15 is 0 Å². The third-order valence-electron chi connectivity index (χ3n) is 14.5. The maximum Gasteiger partial charge on any atom is 0.243 e. The molecule has 10 aromatic rings. The minimum atomic E-state index is -3.76. The van der Waals surface area contributed by atoms with Gasteiger partial charge in [0.05, 0.1) is 39.9 Å². The van der Waals surface area contributed by atoms with Crippen LogP contribution in [0.2, 0.25) is 15.1 Å². The number of methoxy groups -OCH3 is 2. The van der Waals surface area contributed by atoms with Crippen molar-refractivity contribution in [3.63, 3.8) is 0 Å². The molecular formula is C68H76Cl4N12O7S2. The van der Waals surface area contributed by atoms with E-state index in [4.69, 9.17) is 60.7 Å². The molecule has 19 nitrogen and oxygen atoms in total. The highest BCUT2D eigenvalue weighted by Gasteiger charge is 2.29. The quantitative estimate of drug-likeness (QED) is 0.0254. The van der Waals surface area contributed by atoms with Crippen LogP contribution in [0, 0.1) is 20.8 Å². The van der Waals surface area contributed by atoms with Gasteiger partial charge in [-0.2, -0.15) is 4.31 Å². The van der Waals surface area contributed by atoms with Crippen molar-refractivity contribution in [2.45, 2.75) is 75.8 Å². The number of nitrogens with one attached hydrogen (secondary N) is 4. The van der Waals surface area contributed by atoms with Crippen LogP contribution >= 0.6 is 45.5 Å². The molecule has 0 saturated heterocycles. The van der Waals surface area contributed by atoms with Crippen molar-refractivity contribution in [3.8, 4) is 5.75 Å². The summed E-state index contributed by atoms with van der Waals surface area (Å²) in [5.74, 6) is 0.595. The van der Waals surface area contributed by atoms with E-state index in [9.17, 15) is 21.6 Å². The Morgan fingerprint density at radius 1 is 0.581 bits per heavy atom. The van der Waals surface area contributed by atoms with Crippen LogP contribution < -0.4 is 31.7 Å². The molecule has 6 heterocycles. The van der Waals surface area contributed by atoms with Crippen molar-refractivity contribution in [2.24, 2.45) is 5.73 Å². The lowest BCUT2D eigenvalue weighted by molar-refractivity contribution is 0.0718. The SMILES string of the molecule is COC1CCC(S(=O)(=O)Cl)CC1.COc1ccc(S(=O)(=O)N(CCNc2cc(C)nc3ccc(Cl)cc23)Cc2cccnc2)cc1.Cc1cc(NCCN)c2cc(Cl)ccc2n1.Cc1cc(NCCNCc2cccnc2)c2cc(Cl)ccc2n1.O=Cc1cccnc1. The van der Waals surface area contributed by atoms with E-state index in [1.54, 1.807) is 87.5 Å². The van der Waals surface area contributed by atoms with Crippen molar-refractivity contribution in [2.75, 3.05) is 69.4 Å². The number of carbonyl (C=O) groups excluding carboxylic acids is 1. The number of rotatable bonds is 21. The number of aryl methyl sites for hydroxylation is 3. The molecule has 0 spiro atoms. The minimum Gasteiger partial charge on any atom is -0.497 e. The Kier molecular flexibility index (Phi) is 28.7. The van der Waals surface area contributed by atoms with E-state index in [1.165, 1.54) is 16.1 Å². The van der Waals surface area contributed by atoms with Crippen LogP contribution in [0.4, 0.5) is 17.1 Å². The number of aromatic nitrogens is 6. The Bertz CT molecular complexity index is 4230. The number of nitrogens with zero attached hydrogens (tertiary/aromatic N) is 7. The van der Waals surface area contributed by atoms with Crippen LogP contribution in [-0.2, 0) is 36.9 Å². The van der Waals surface area contributed by atoms with Gasteiger partial charge in [0, 0.05) is 178 Å². The molecule has 0 aliphatic heterocycles. The summed E-state index contributed by atoms with van der Waals surface area (Å²) >= 11 is 18.3. The zero-order chi connectivity index (χ0) is 66.8. The van der Waals surface area contributed by atoms with E-state index in [2.05, 4.69) is 63.3 Å². The summed E-state index contributed by atoms with van der Waals surface area (Å²) in [6.07, 6.45) is 14.0. The Morgan fingerprint density at radius 3 is 1.47 bits per heavy atom. The molecule has 4 aromatic carbocycles. The average molecular weight is 1380 g/mol. The summed E-state index contributed by atoms with van der Waals surface area (Å²) in [4.78, 5) is 35.7. The lowest BCUT2D eigenvalue weighted by Gasteiger charge is -2.25. The predicted molar refractivity (Wildman–Crippen MR) is 377 cm³/mol. The van der Waals surface area contributed by atoms with Crippen LogP contribution in [0.1, 0.15) is 64.2 Å². The molecule has 93 heavy (non-hydrogen) atoms. The second kappa shape index (κ2) is 36.7. The number of hydrogen-bond acceptors (Lipinski definition) is 18. The number of pyridine rings is 6. The summed E-state index contributed by atoms with van der Waals surface area (Å²) in [7, 11) is 1.33. The molecule has 25 heteroatoms. The molecule has 6 aromatic heterocycles. The normalized spacial score (nSPS) is 13.6. The highest BCUT2D eigenvalue weighted by molar-refractivity contribution is 8.14. The highest BCUT2D eigenvalue weighted by atomic mass is 35.7. The zero-order valence-electron chi connectivity index (χ0n) is 52.3. The summed E-state index contributed by atoms with van der Waals surface area (Å²) in [5.41, 5.74) is 16.6. The van der Waals surface area contributed by atoms with Gasteiger partial charge in [0.2, 0.25) is 19.1 Å². The molecule has 0 unspecified atom stereocenters. The van der Waals surface area contributed by atoms with Crippen LogP contribution in [0.3, 0.4) is 0 Å². The summed E-state index contributed by atoms with van der Waals surface area (Å²) in [5, 5.41) is 18.2. The van der Waals surface area contributed by atoms with E-state index in [1.807, 2.05) is 99.8 Å². The van der Waals surface area contributed by atoms with Gasteiger partial charge in [-0.3, -0.25) is 34.7 Å². The molecule has 0 atom stereocenters. The van der Waals surface area contributed by atoms with Gasteiger partial charge in [0.1, 0.15) is 5.75 Å². The monoisotopic (exact) mass is 1380 g/mol. The minimum absolute atomic E-state index is 0.200. The van der Waals surface area contributed by atoms with Gasteiger partial charge in [-0.25, -0.2) is 16.8 Å². The maximum atomic E-state index is 13.5. The molecule has 0 amide bonds. The van der Waals surface area contributed by atoms with Gasteiger partial charge < -0.3 is 36.5 Å². The van der Waals surface area contributed by atoms with Crippen molar-refractivity contribution < 1.29 is 31.1 Å². The Hall–Kier alpha value is -7.67. The fraction of sp³-hybridized carbons (Fsp3) is 0.279. The van der Waals surface area contributed by atoms with Crippen molar-refractivity contribution in [3.05, 3.63) is 219 Å². The first kappa shape index (κ1) is 72.8. The fourth-order valence-corrected chi connectivity index (χ4v) is 13.2. The number of hydrogen-bond donors (Lipinski definition) is 5. The van der Waals surface area contributed by atoms with Gasteiger partial charge in [-0.05, 0) is 179 Å². The topological polar surface area (TPSA) is 259 Å². The third-order valence-corrected chi connectivity index (χ3v) is 19.0. The molecule has 11 rings (SSSR count). The molecule has 1 aliphatic carbocycles. The number of halogens is 4. The largest absolute Gasteiger partial charge is 0.497 e. The van der Waals surface area contributed by atoms with Crippen LogP contribution in [0.15, 0.2) is 176 Å². The number of carbonyl (C=O) groups is 1. The average Bonchev–Trinajstić information content (AvgIpc) is 0.931. The first-order chi connectivity index (χ1) is 44.8. The number of fused-ring (bicyclic) bond motifs is 3. The molecule has 1 fully saturated rings. The number of ether oxygens (including phenoxy) is 2. The fourth-order valence-electron chi connectivity index (χ4n) is 9.84. The van der Waals surface area contributed by atoms with Crippen molar-refractivity contribution >= 4 is 121 Å². The Labute approximate surface area is 563 Å². The molecule has 490 valence electrons. The molecule has 1 saturated carbocycles. The second-order valence-electron chi connectivity index (χ2n) is 21.4. The number of anilines is 3. The first-order valence-corrected chi connectivity index (χ1v) is 34.8. The summed E-state index contributed by atoms with van der Waals surface area (Å²) < 4.78 is 60.5. The Balaban J connectivity index is 0.000000179. The van der Waals surface area contributed by atoms with Gasteiger partial charge >= 0.3 is 0 Å². The molecule has 0 radical (unpaired) electrons. The van der Waals surface area contributed by atoms with Gasteiger partial charge in [-0.1, -0.05) is 46.9 Å². The molecule has 0 bridgehead atoms. The number of nitrogens with two attached hydrogens (primary N) is 1. The van der Waals surface area contributed by atoms with Gasteiger partial charge in [-0.15, -0.1) is 0 Å². The predicted octanol–water partition coefficient (Wildman–Crippen LogP) is 13.7. The number of aldehydes is 1. The van der Waals surface area contributed by atoms with E-state index in [-0.39, 0.29) is 29.3 Å². The first-order valence-electron chi connectivity index (χ1n) is 29.8. The van der Waals surface area contributed by atoms with Crippen LogP contribution in [-0.4, -0.2) is 122 Å². The standard InChI is InChI=1S/C25H25ClN4O3S.C18H19ClN4.C12H14ClN3.C7H13ClO3S.C6H5NO/c1-18-14-25(23-15-20(26)5-10-24(23)29-18)28-12-13-30(17-19-4-3-11-27-16-19)34(31,32)22-8-6-21(33-2)7-9-22;1-13-9-18(16-10-15(19)4-5-17(16)23-13)22-8-7-21-12-14-3-2-6-20-11-14;1-8-6-12(15-5-4-14)10-7-9(13)2-3-11(10)16-8;1-11-6-2-4-7(5-3-6)12(8,9)10;8-5-6-2-1-3-7-4-6/h3-11,14-16H,12-13,17H2,1-2H3,(H,28,29);2-6,9-11,21H,7-8,12H2,1H3,(H,22,23);2-3,6-7H,4-5,14H2,1H3,(H,15,16);6-7H,2-5H2,1H3;1-5H. The Morgan fingerprint density at radius 2 is 1.05 bits per heavy atom. The number of sulfonamides is 1.